The molecule has 0 spiro atoms. The third-order valence-corrected chi connectivity index (χ3v) is 5.40. The van der Waals surface area contributed by atoms with Crippen LogP contribution in [0.4, 0.5) is 5.69 Å². The molecule has 1 aromatic heterocycles. The summed E-state index contributed by atoms with van der Waals surface area (Å²) >= 11 is 0. The van der Waals surface area contributed by atoms with Crippen molar-refractivity contribution in [2.24, 2.45) is 10.9 Å². The lowest BCUT2D eigenvalue weighted by Crippen LogP contribution is -2.39. The summed E-state index contributed by atoms with van der Waals surface area (Å²) in [5, 5.41) is 17.5. The lowest BCUT2D eigenvalue weighted by atomic mass is 9.99. The van der Waals surface area contributed by atoms with E-state index in [2.05, 4.69) is 27.4 Å². The van der Waals surface area contributed by atoms with E-state index in [1.165, 1.54) is 38.1 Å². The van der Waals surface area contributed by atoms with E-state index in [1.807, 2.05) is 12.1 Å². The maximum atomic E-state index is 10.8. The number of non-ortho nitro benzene ring substituents is 1. The van der Waals surface area contributed by atoms with Crippen LogP contribution in [0.3, 0.4) is 0 Å². The van der Waals surface area contributed by atoms with Crippen molar-refractivity contribution in [3.05, 3.63) is 64.1 Å². The Hall–Kier alpha value is -2.14. The molecule has 8 nitrogen and oxygen atoms in total. The van der Waals surface area contributed by atoms with Crippen LogP contribution in [-0.4, -0.2) is 42.0 Å². The fraction of sp³-hybridized carbons (Fsp3) is 0.500. The molecule has 0 bridgehead atoms. The molecule has 1 saturated heterocycles. The molecule has 9 heteroatoms. The van der Waals surface area contributed by atoms with Crippen LogP contribution in [0.15, 0.2) is 52.1 Å². The van der Waals surface area contributed by atoms with Gasteiger partial charge in [-0.05, 0) is 62.5 Å². The molecular weight excluding hydrogens is 509 g/mol. The zero-order chi connectivity index (χ0) is 21.2. The third kappa shape index (κ3) is 8.86. The van der Waals surface area contributed by atoms with Crippen molar-refractivity contribution in [2.45, 2.75) is 39.3 Å². The molecule has 1 aliphatic heterocycles. The molecule has 1 aliphatic rings. The van der Waals surface area contributed by atoms with Gasteiger partial charge in [0.1, 0.15) is 5.76 Å². The predicted octanol–water partition coefficient (Wildman–Crippen LogP) is 4.16. The molecular formula is C22H32IN5O3. The molecule has 2 heterocycles. The largest absolute Gasteiger partial charge is 0.467 e. The SMILES string of the molecule is CC1CCN(CCCNC(=NCc2ccc([N+](=O)[O-])cc2)NCc2ccco2)CC1.I. The average Bonchev–Trinajstić information content (AvgIpc) is 3.27. The Morgan fingerprint density at radius 2 is 1.97 bits per heavy atom. The van der Waals surface area contributed by atoms with Gasteiger partial charge in [0, 0.05) is 18.7 Å². The second-order valence-electron chi connectivity index (χ2n) is 7.83. The maximum absolute atomic E-state index is 10.8. The Morgan fingerprint density at radius 3 is 2.61 bits per heavy atom. The highest BCUT2D eigenvalue weighted by molar-refractivity contribution is 14.0. The number of aliphatic imine (C=N–C) groups is 1. The highest BCUT2D eigenvalue weighted by Crippen LogP contribution is 2.15. The number of rotatable bonds is 9. The molecule has 0 atom stereocenters. The number of nitrogens with one attached hydrogen (secondary N) is 2. The van der Waals surface area contributed by atoms with Gasteiger partial charge in [0.05, 0.1) is 24.3 Å². The molecule has 2 N–H and O–H groups in total. The van der Waals surface area contributed by atoms with E-state index < -0.39 is 4.92 Å². The van der Waals surface area contributed by atoms with E-state index in [-0.39, 0.29) is 29.7 Å². The highest BCUT2D eigenvalue weighted by atomic mass is 127. The van der Waals surface area contributed by atoms with Gasteiger partial charge in [0.2, 0.25) is 0 Å². The summed E-state index contributed by atoms with van der Waals surface area (Å²) in [7, 11) is 0. The molecule has 0 aliphatic carbocycles. The fourth-order valence-electron chi connectivity index (χ4n) is 3.45. The quantitative estimate of drug-likeness (QED) is 0.124. The normalized spacial score (nSPS) is 15.3. The van der Waals surface area contributed by atoms with E-state index in [0.717, 1.165) is 36.8 Å². The first-order valence-corrected chi connectivity index (χ1v) is 10.6. The third-order valence-electron chi connectivity index (χ3n) is 5.40. The molecule has 0 unspecified atom stereocenters. The van der Waals surface area contributed by atoms with Gasteiger partial charge in [-0.3, -0.25) is 10.1 Å². The van der Waals surface area contributed by atoms with Gasteiger partial charge >= 0.3 is 0 Å². The second-order valence-corrected chi connectivity index (χ2v) is 7.83. The van der Waals surface area contributed by atoms with Crippen molar-refractivity contribution in [1.82, 2.24) is 15.5 Å². The number of hydrogen-bond donors (Lipinski definition) is 2. The Morgan fingerprint density at radius 1 is 1.23 bits per heavy atom. The summed E-state index contributed by atoms with van der Waals surface area (Å²) < 4.78 is 5.38. The molecule has 1 aromatic carbocycles. The molecule has 2 aromatic rings. The highest BCUT2D eigenvalue weighted by Gasteiger charge is 2.14. The number of halogens is 1. The Kier molecular flexibility index (Phi) is 10.8. The van der Waals surface area contributed by atoms with Crippen LogP contribution in [0.25, 0.3) is 0 Å². The molecule has 0 amide bonds. The van der Waals surface area contributed by atoms with Crippen molar-refractivity contribution in [2.75, 3.05) is 26.2 Å². The minimum Gasteiger partial charge on any atom is -0.467 e. The van der Waals surface area contributed by atoms with Crippen molar-refractivity contribution < 1.29 is 9.34 Å². The van der Waals surface area contributed by atoms with Gasteiger partial charge in [-0.2, -0.15) is 0 Å². The van der Waals surface area contributed by atoms with Gasteiger partial charge in [0.15, 0.2) is 5.96 Å². The van der Waals surface area contributed by atoms with Crippen molar-refractivity contribution in [1.29, 1.82) is 0 Å². The summed E-state index contributed by atoms with van der Waals surface area (Å²) in [5.41, 5.74) is 1.01. The number of guanidine groups is 1. The number of benzene rings is 1. The van der Waals surface area contributed by atoms with Crippen LogP contribution in [-0.2, 0) is 13.1 Å². The van der Waals surface area contributed by atoms with Crippen LogP contribution in [0, 0.1) is 16.0 Å². The van der Waals surface area contributed by atoms with Crippen LogP contribution >= 0.6 is 24.0 Å². The summed E-state index contributed by atoms with van der Waals surface area (Å²) in [6.07, 6.45) is 5.28. The summed E-state index contributed by atoms with van der Waals surface area (Å²) in [5.74, 6) is 2.39. The standard InChI is InChI=1S/C22H31N5O3.HI/c1-18-9-13-26(14-10-18)12-3-11-23-22(25-17-21-4-2-15-30-21)24-16-19-5-7-20(8-6-19)27(28)29;/h2,4-8,15,18H,3,9-14,16-17H2,1H3,(H2,23,24,25);1H. The van der Waals surface area contributed by atoms with E-state index in [1.54, 1.807) is 18.4 Å². The molecule has 31 heavy (non-hydrogen) atoms. The first kappa shape index (κ1) is 25.1. The first-order valence-electron chi connectivity index (χ1n) is 10.6. The van der Waals surface area contributed by atoms with Crippen LogP contribution in [0.5, 0.6) is 0 Å². The van der Waals surface area contributed by atoms with Gasteiger partial charge in [-0.25, -0.2) is 4.99 Å². The molecule has 170 valence electrons. The van der Waals surface area contributed by atoms with Gasteiger partial charge in [0.25, 0.3) is 5.69 Å². The van der Waals surface area contributed by atoms with Crippen molar-refractivity contribution >= 4 is 35.6 Å². The van der Waals surface area contributed by atoms with Gasteiger partial charge in [-0.15, -0.1) is 24.0 Å². The summed E-state index contributed by atoms with van der Waals surface area (Å²) in [4.78, 5) is 17.6. The smallest absolute Gasteiger partial charge is 0.269 e. The number of piperidine rings is 1. The monoisotopic (exact) mass is 541 g/mol. The molecule has 3 rings (SSSR count). The molecule has 0 saturated carbocycles. The van der Waals surface area contributed by atoms with E-state index in [4.69, 9.17) is 4.42 Å². The van der Waals surface area contributed by atoms with E-state index in [0.29, 0.717) is 19.0 Å². The minimum absolute atomic E-state index is 0. The van der Waals surface area contributed by atoms with Crippen molar-refractivity contribution in [3.63, 3.8) is 0 Å². The number of nitro groups is 1. The van der Waals surface area contributed by atoms with Gasteiger partial charge in [-0.1, -0.05) is 19.1 Å². The Balaban J connectivity index is 0.00000341. The van der Waals surface area contributed by atoms with E-state index in [9.17, 15) is 10.1 Å². The Bertz CT molecular complexity index is 803. The zero-order valence-electron chi connectivity index (χ0n) is 18.0. The van der Waals surface area contributed by atoms with Crippen LogP contribution in [0.1, 0.15) is 37.5 Å². The lowest BCUT2D eigenvalue weighted by molar-refractivity contribution is -0.384. The van der Waals surface area contributed by atoms with Crippen molar-refractivity contribution in [3.8, 4) is 0 Å². The number of furan rings is 1. The van der Waals surface area contributed by atoms with Gasteiger partial charge < -0.3 is 20.0 Å². The topological polar surface area (TPSA) is 95.9 Å². The second kappa shape index (κ2) is 13.3. The predicted molar refractivity (Wildman–Crippen MR) is 133 cm³/mol. The lowest BCUT2D eigenvalue weighted by Gasteiger charge is -2.30. The minimum atomic E-state index is -0.395. The summed E-state index contributed by atoms with van der Waals surface area (Å²) in [6, 6.07) is 10.3. The number of hydrogen-bond acceptors (Lipinski definition) is 5. The Labute approximate surface area is 200 Å². The number of likely N-dealkylation sites (tertiary alicyclic amines) is 1. The fourth-order valence-corrected chi connectivity index (χ4v) is 3.45. The average molecular weight is 541 g/mol. The van der Waals surface area contributed by atoms with E-state index >= 15 is 0 Å². The van der Waals surface area contributed by atoms with Crippen LogP contribution in [0.2, 0.25) is 0 Å². The number of nitro benzene ring substituents is 1. The summed E-state index contributed by atoms with van der Waals surface area (Å²) in [6.45, 7) is 7.62. The maximum Gasteiger partial charge on any atom is 0.269 e. The zero-order valence-corrected chi connectivity index (χ0v) is 20.3. The first-order chi connectivity index (χ1) is 14.6. The van der Waals surface area contributed by atoms with Crippen LogP contribution < -0.4 is 10.6 Å². The number of nitrogens with zero attached hydrogens (tertiary/aromatic N) is 3. The molecule has 0 radical (unpaired) electrons. The molecule has 1 fully saturated rings.